The number of rotatable bonds is 5. The van der Waals surface area contributed by atoms with E-state index in [2.05, 4.69) is 26.0 Å². The molecule has 0 spiro atoms. The number of guanidine groups is 1. The Bertz CT molecular complexity index is 592. The van der Waals surface area contributed by atoms with E-state index in [1.807, 2.05) is 46.3 Å². The van der Waals surface area contributed by atoms with E-state index in [1.54, 1.807) is 7.05 Å². The van der Waals surface area contributed by atoms with Crippen LogP contribution < -0.4 is 16.0 Å². The van der Waals surface area contributed by atoms with Crippen molar-refractivity contribution in [3.63, 3.8) is 0 Å². The molecule has 0 fully saturated rings. The second-order valence-corrected chi connectivity index (χ2v) is 6.55. The number of carbonyl (C=O) groups excluding carboxylic acids is 1. The Balaban J connectivity index is 0.00000576. The summed E-state index contributed by atoms with van der Waals surface area (Å²) in [6.45, 7) is 11.2. The molecule has 3 N–H and O–H groups in total. The maximum absolute atomic E-state index is 11.5. The molecule has 0 aromatic carbocycles. The molecule has 1 rings (SSSR count). The van der Waals surface area contributed by atoms with Crippen LogP contribution in [-0.4, -0.2) is 47.6 Å². The van der Waals surface area contributed by atoms with E-state index in [1.165, 1.54) is 0 Å². The monoisotopic (exact) mass is 466 g/mol. The predicted molar refractivity (Wildman–Crippen MR) is 111 cm³/mol. The highest BCUT2D eigenvalue weighted by molar-refractivity contribution is 14.0. The first-order chi connectivity index (χ1) is 11.1. The minimum absolute atomic E-state index is 0. The minimum atomic E-state index is -0.492. The van der Waals surface area contributed by atoms with E-state index >= 15 is 0 Å². The van der Waals surface area contributed by atoms with Crippen LogP contribution in [0.1, 0.15) is 37.7 Å². The molecule has 9 heteroatoms. The molecule has 1 aromatic heterocycles. The number of aryl methyl sites for hydroxylation is 2. The number of nitrogens with one attached hydrogen (secondary N) is 3. The maximum atomic E-state index is 11.5. The lowest BCUT2D eigenvalue weighted by Crippen LogP contribution is -2.42. The number of aromatic nitrogens is 2. The summed E-state index contributed by atoms with van der Waals surface area (Å²) in [5.74, 6) is 0.670. The predicted octanol–water partition coefficient (Wildman–Crippen LogP) is 1.84. The molecule has 0 bridgehead atoms. The molecule has 144 valence electrons. The Morgan fingerprint density at radius 3 is 2.28 bits per heavy atom. The van der Waals surface area contributed by atoms with Gasteiger partial charge in [-0.2, -0.15) is 5.10 Å². The van der Waals surface area contributed by atoms with Crippen LogP contribution in [0.2, 0.25) is 0 Å². The van der Waals surface area contributed by atoms with E-state index in [0.29, 0.717) is 25.6 Å². The van der Waals surface area contributed by atoms with Gasteiger partial charge in [0, 0.05) is 45.0 Å². The molecule has 0 aliphatic carbocycles. The van der Waals surface area contributed by atoms with E-state index in [0.717, 1.165) is 17.0 Å². The zero-order valence-electron chi connectivity index (χ0n) is 16.2. The van der Waals surface area contributed by atoms with Crippen molar-refractivity contribution < 1.29 is 9.53 Å². The Morgan fingerprint density at radius 2 is 1.80 bits per heavy atom. The summed E-state index contributed by atoms with van der Waals surface area (Å²) in [5, 5.41) is 13.5. The summed E-state index contributed by atoms with van der Waals surface area (Å²) in [7, 11) is 3.64. The second kappa shape index (κ2) is 10.5. The van der Waals surface area contributed by atoms with Gasteiger partial charge in [0.2, 0.25) is 0 Å². The fraction of sp³-hybridized carbons (Fsp3) is 0.688. The van der Waals surface area contributed by atoms with Gasteiger partial charge in [0.05, 0.1) is 5.69 Å². The Labute approximate surface area is 167 Å². The van der Waals surface area contributed by atoms with Gasteiger partial charge in [0.25, 0.3) is 0 Å². The number of carbonyl (C=O) groups is 1. The molecule has 0 radical (unpaired) electrons. The summed E-state index contributed by atoms with van der Waals surface area (Å²) in [5.41, 5.74) is 2.80. The van der Waals surface area contributed by atoms with Crippen LogP contribution in [-0.2, 0) is 18.3 Å². The average molecular weight is 466 g/mol. The van der Waals surface area contributed by atoms with Gasteiger partial charge in [-0.1, -0.05) is 0 Å². The van der Waals surface area contributed by atoms with Crippen molar-refractivity contribution in [1.29, 1.82) is 0 Å². The van der Waals surface area contributed by atoms with Gasteiger partial charge in [0.1, 0.15) is 5.60 Å². The third kappa shape index (κ3) is 8.41. The molecule has 25 heavy (non-hydrogen) atoms. The van der Waals surface area contributed by atoms with Gasteiger partial charge >= 0.3 is 6.09 Å². The summed E-state index contributed by atoms with van der Waals surface area (Å²) in [4.78, 5) is 15.7. The zero-order chi connectivity index (χ0) is 18.3. The number of amides is 1. The number of ether oxygens (including phenoxy) is 1. The summed E-state index contributed by atoms with van der Waals surface area (Å²) >= 11 is 0. The van der Waals surface area contributed by atoms with Crippen molar-refractivity contribution in [2.24, 2.45) is 12.0 Å². The molecule has 8 nitrogen and oxygen atoms in total. The SMILES string of the molecule is CN=C(NCCNC(=O)OC(C)(C)C)NCc1c(C)nn(C)c1C.I. The molecule has 0 saturated heterocycles. The van der Waals surface area contributed by atoms with Crippen molar-refractivity contribution in [2.45, 2.75) is 46.8 Å². The van der Waals surface area contributed by atoms with Crippen LogP contribution in [0.25, 0.3) is 0 Å². The van der Waals surface area contributed by atoms with Gasteiger partial charge in [0.15, 0.2) is 5.96 Å². The lowest BCUT2D eigenvalue weighted by molar-refractivity contribution is 0.0529. The Morgan fingerprint density at radius 1 is 1.20 bits per heavy atom. The maximum Gasteiger partial charge on any atom is 0.407 e. The zero-order valence-corrected chi connectivity index (χ0v) is 18.5. The van der Waals surface area contributed by atoms with Crippen molar-refractivity contribution in [2.75, 3.05) is 20.1 Å². The van der Waals surface area contributed by atoms with Crippen LogP contribution in [0.4, 0.5) is 4.79 Å². The van der Waals surface area contributed by atoms with Crippen molar-refractivity contribution >= 4 is 36.0 Å². The number of hydrogen-bond acceptors (Lipinski definition) is 4. The third-order valence-electron chi connectivity index (χ3n) is 3.40. The highest BCUT2D eigenvalue weighted by Crippen LogP contribution is 2.10. The quantitative estimate of drug-likeness (QED) is 0.267. The lowest BCUT2D eigenvalue weighted by atomic mass is 10.2. The van der Waals surface area contributed by atoms with E-state index in [4.69, 9.17) is 4.74 Å². The van der Waals surface area contributed by atoms with Gasteiger partial charge in [-0.15, -0.1) is 24.0 Å². The molecule has 1 aromatic rings. The Hall–Kier alpha value is -1.52. The highest BCUT2D eigenvalue weighted by Gasteiger charge is 2.15. The van der Waals surface area contributed by atoms with Gasteiger partial charge in [-0.05, 0) is 34.6 Å². The molecule has 0 aliphatic heterocycles. The number of alkyl carbamates (subject to hydrolysis) is 1. The largest absolute Gasteiger partial charge is 0.444 e. The van der Waals surface area contributed by atoms with E-state index in [9.17, 15) is 4.79 Å². The normalized spacial score (nSPS) is 11.6. The van der Waals surface area contributed by atoms with E-state index < -0.39 is 11.7 Å². The van der Waals surface area contributed by atoms with E-state index in [-0.39, 0.29) is 24.0 Å². The fourth-order valence-corrected chi connectivity index (χ4v) is 2.13. The Kier molecular flexibility index (Phi) is 9.83. The van der Waals surface area contributed by atoms with Gasteiger partial charge < -0.3 is 20.7 Å². The van der Waals surface area contributed by atoms with Gasteiger partial charge in [-0.3, -0.25) is 9.67 Å². The smallest absolute Gasteiger partial charge is 0.407 e. The summed E-state index contributed by atoms with van der Waals surface area (Å²) < 4.78 is 7.04. The van der Waals surface area contributed by atoms with Crippen LogP contribution in [0.3, 0.4) is 0 Å². The molecular weight excluding hydrogens is 435 g/mol. The molecule has 0 aliphatic rings. The molecular formula is C16H31IN6O2. The molecule has 0 saturated carbocycles. The standard InChI is InChI=1S/C16H30N6O2.HI/c1-11-13(12(2)22(7)21-11)10-20-14(17-6)18-8-9-19-15(23)24-16(3,4)5;/h8-10H2,1-7H3,(H,19,23)(H2,17,18,20);1H. The molecule has 0 atom stereocenters. The summed E-state index contributed by atoms with van der Waals surface area (Å²) in [6, 6.07) is 0. The number of aliphatic imine (C=N–C) groups is 1. The van der Waals surface area contributed by atoms with Crippen molar-refractivity contribution in [1.82, 2.24) is 25.7 Å². The fourth-order valence-electron chi connectivity index (χ4n) is 2.13. The van der Waals surface area contributed by atoms with Crippen LogP contribution in [0.15, 0.2) is 4.99 Å². The third-order valence-corrected chi connectivity index (χ3v) is 3.40. The van der Waals surface area contributed by atoms with Crippen LogP contribution >= 0.6 is 24.0 Å². The number of nitrogens with zero attached hydrogens (tertiary/aromatic N) is 3. The number of halogens is 1. The molecule has 1 heterocycles. The second-order valence-electron chi connectivity index (χ2n) is 6.55. The topological polar surface area (TPSA) is 92.6 Å². The lowest BCUT2D eigenvalue weighted by Gasteiger charge is -2.20. The highest BCUT2D eigenvalue weighted by atomic mass is 127. The average Bonchev–Trinajstić information content (AvgIpc) is 2.70. The van der Waals surface area contributed by atoms with Crippen LogP contribution in [0, 0.1) is 13.8 Å². The summed E-state index contributed by atoms with van der Waals surface area (Å²) in [6.07, 6.45) is -0.422. The molecule has 1 amide bonds. The first-order valence-electron chi connectivity index (χ1n) is 8.04. The van der Waals surface area contributed by atoms with Crippen molar-refractivity contribution in [3.8, 4) is 0 Å². The first kappa shape index (κ1) is 23.5. The number of hydrogen-bond donors (Lipinski definition) is 3. The van der Waals surface area contributed by atoms with Crippen LogP contribution in [0.5, 0.6) is 0 Å². The van der Waals surface area contributed by atoms with Crippen molar-refractivity contribution in [3.05, 3.63) is 17.0 Å². The minimum Gasteiger partial charge on any atom is -0.444 e. The first-order valence-corrected chi connectivity index (χ1v) is 8.04. The van der Waals surface area contributed by atoms with Gasteiger partial charge in [-0.25, -0.2) is 4.79 Å². The molecule has 0 unspecified atom stereocenters.